The van der Waals surface area contributed by atoms with Gasteiger partial charge in [0.1, 0.15) is 15.8 Å². The number of benzene rings is 3. The molecule has 0 heterocycles. The fourth-order valence-electron chi connectivity index (χ4n) is 4.02. The van der Waals surface area contributed by atoms with Gasteiger partial charge in [0, 0.05) is 11.6 Å². The van der Waals surface area contributed by atoms with E-state index in [0.29, 0.717) is 17.7 Å². The average molecular weight is 708 g/mol. The van der Waals surface area contributed by atoms with Crippen molar-refractivity contribution in [1.29, 1.82) is 0 Å². The molecule has 6 nitrogen and oxygen atoms in total. The van der Waals surface area contributed by atoms with Crippen LogP contribution in [0.4, 0.5) is 43.4 Å². The van der Waals surface area contributed by atoms with Crippen LogP contribution < -0.4 is 16.0 Å². The molecule has 0 radical (unpaired) electrons. The molecule has 3 aromatic carbocycles. The van der Waals surface area contributed by atoms with E-state index in [2.05, 4.69) is 5.32 Å². The third kappa shape index (κ3) is 6.63. The van der Waals surface area contributed by atoms with E-state index < -0.39 is 74.8 Å². The molecule has 4 rings (SSSR count). The second-order valence-corrected chi connectivity index (χ2v) is 11.8. The van der Waals surface area contributed by atoms with Gasteiger partial charge in [-0.1, -0.05) is 40.9 Å². The van der Waals surface area contributed by atoms with Crippen molar-refractivity contribution in [1.82, 2.24) is 0 Å². The number of hydrogen-bond acceptors (Lipinski definition) is 3. The number of alkyl halides is 6. The van der Waals surface area contributed by atoms with Crippen molar-refractivity contribution in [3.8, 4) is 0 Å². The minimum absolute atomic E-state index is 0.000315. The van der Waals surface area contributed by atoms with E-state index in [4.69, 9.17) is 58.0 Å². The maximum Gasteiger partial charge on any atom is 0.383 e. The molecule has 2 atom stereocenters. The summed E-state index contributed by atoms with van der Waals surface area (Å²) in [4.78, 5) is 37.4. The van der Waals surface area contributed by atoms with Crippen molar-refractivity contribution >= 4 is 92.8 Å². The number of rotatable bonds is 8. The molecule has 0 aliphatic heterocycles. The molecule has 43 heavy (non-hydrogen) atoms. The maximum atomic E-state index is 14.9. The van der Waals surface area contributed by atoms with Crippen molar-refractivity contribution in [2.45, 2.75) is 22.6 Å². The number of carbonyl (C=O) groups excluding carboxylic acids is 3. The molecule has 0 spiro atoms. The predicted molar refractivity (Wildman–Crippen MR) is 151 cm³/mol. The monoisotopic (exact) mass is 705 g/mol. The number of nitrogens with one attached hydrogen (secondary N) is 3. The van der Waals surface area contributed by atoms with Crippen LogP contribution >= 0.6 is 58.0 Å². The van der Waals surface area contributed by atoms with E-state index in [1.54, 1.807) is 6.07 Å². The van der Waals surface area contributed by atoms with E-state index in [1.165, 1.54) is 29.6 Å². The molecule has 1 saturated carbocycles. The molecular formula is C26H14Cl5F6N3O3. The van der Waals surface area contributed by atoms with Crippen LogP contribution in [0.25, 0.3) is 0 Å². The van der Waals surface area contributed by atoms with Gasteiger partial charge in [-0.25, -0.2) is 17.6 Å². The molecule has 0 saturated heterocycles. The van der Waals surface area contributed by atoms with Gasteiger partial charge < -0.3 is 16.0 Å². The highest BCUT2D eigenvalue weighted by Crippen LogP contribution is 2.65. The van der Waals surface area contributed by atoms with Crippen molar-refractivity contribution in [3.63, 3.8) is 0 Å². The van der Waals surface area contributed by atoms with E-state index in [1.807, 2.05) is 5.32 Å². The summed E-state index contributed by atoms with van der Waals surface area (Å²) in [6, 6.07) is 9.12. The van der Waals surface area contributed by atoms with E-state index in [-0.39, 0.29) is 20.8 Å². The highest BCUT2D eigenvalue weighted by atomic mass is 35.5. The molecule has 1 aliphatic carbocycles. The number of anilines is 3. The first-order valence-corrected chi connectivity index (χ1v) is 13.6. The van der Waals surface area contributed by atoms with Gasteiger partial charge in [0.05, 0.1) is 32.2 Å². The molecule has 17 heteroatoms. The standard InChI is InChI=1S/C26H14Cl5F6N3O3/c27-12-4-2-10(38-22(42)18-17(25(18,30)31)9-1-3-13(28)14(29)7-9)8-11(12)21(41)40-20-15(32)5-6-16(19(20)33)39-24(43)26(36,37)23(34)35/h1-8,17-18,23H,(H,38,42)(H,39,43)(H,40,41)/t17-,18?/m0/s1. The zero-order valence-corrected chi connectivity index (χ0v) is 24.5. The van der Waals surface area contributed by atoms with Crippen LogP contribution in [0.2, 0.25) is 15.1 Å². The smallest absolute Gasteiger partial charge is 0.326 e. The van der Waals surface area contributed by atoms with Crippen molar-refractivity contribution < 1.29 is 40.7 Å². The predicted octanol–water partition coefficient (Wildman–Crippen LogP) is 8.54. The second kappa shape index (κ2) is 12.2. The fourth-order valence-corrected chi connectivity index (χ4v) is 5.36. The third-order valence-corrected chi connectivity index (χ3v) is 8.28. The van der Waals surface area contributed by atoms with E-state index in [9.17, 15) is 40.7 Å². The highest BCUT2D eigenvalue weighted by Gasteiger charge is 2.67. The molecule has 0 bridgehead atoms. The van der Waals surface area contributed by atoms with Crippen molar-refractivity contribution in [2.75, 3.05) is 16.0 Å². The van der Waals surface area contributed by atoms with Gasteiger partial charge in [0.15, 0.2) is 5.82 Å². The Bertz CT molecular complexity index is 1640. The molecule has 0 aromatic heterocycles. The van der Waals surface area contributed by atoms with Gasteiger partial charge >= 0.3 is 18.3 Å². The largest absolute Gasteiger partial charge is 0.383 e. The van der Waals surface area contributed by atoms with Gasteiger partial charge in [0.25, 0.3) is 5.91 Å². The zero-order valence-electron chi connectivity index (χ0n) is 20.7. The second-order valence-electron chi connectivity index (χ2n) is 9.10. The number of hydrogen-bond donors (Lipinski definition) is 3. The summed E-state index contributed by atoms with van der Waals surface area (Å²) in [6.07, 6.45) is -4.41. The molecule has 228 valence electrons. The normalized spacial score (nSPS) is 17.4. The Hall–Kier alpha value is -2.90. The molecule has 3 N–H and O–H groups in total. The average Bonchev–Trinajstić information content (AvgIpc) is 3.52. The van der Waals surface area contributed by atoms with Gasteiger partial charge in [-0.2, -0.15) is 8.78 Å². The number of carbonyl (C=O) groups is 3. The van der Waals surface area contributed by atoms with Gasteiger partial charge in [0.2, 0.25) is 5.91 Å². The molecule has 3 aromatic rings. The Morgan fingerprint density at radius 3 is 2.12 bits per heavy atom. The summed E-state index contributed by atoms with van der Waals surface area (Å²) in [7, 11) is 0. The van der Waals surface area contributed by atoms with Crippen LogP contribution in [0.3, 0.4) is 0 Å². The highest BCUT2D eigenvalue weighted by molar-refractivity contribution is 6.53. The van der Waals surface area contributed by atoms with Gasteiger partial charge in [-0.05, 0) is 48.0 Å². The Balaban J connectivity index is 1.52. The van der Waals surface area contributed by atoms with Crippen molar-refractivity contribution in [2.24, 2.45) is 5.92 Å². The number of amides is 3. The first-order chi connectivity index (χ1) is 20.0. The van der Waals surface area contributed by atoms with Gasteiger partial charge in [-0.15, -0.1) is 23.2 Å². The Morgan fingerprint density at radius 2 is 1.49 bits per heavy atom. The lowest BCUT2D eigenvalue weighted by Gasteiger charge is -2.17. The Labute approximate surface area is 263 Å². The fraction of sp³-hybridized carbons (Fsp3) is 0.192. The Kier molecular flexibility index (Phi) is 9.39. The van der Waals surface area contributed by atoms with E-state index in [0.717, 1.165) is 6.07 Å². The van der Waals surface area contributed by atoms with Gasteiger partial charge in [-0.3, -0.25) is 14.4 Å². The lowest BCUT2D eigenvalue weighted by atomic mass is 10.1. The topological polar surface area (TPSA) is 87.3 Å². The summed E-state index contributed by atoms with van der Waals surface area (Å²) in [5.41, 5.74) is -2.21. The molecule has 1 fully saturated rings. The lowest BCUT2D eigenvalue weighted by Crippen LogP contribution is -2.41. The number of halogens is 11. The minimum atomic E-state index is -5.18. The van der Waals surface area contributed by atoms with Crippen LogP contribution in [0.5, 0.6) is 0 Å². The SMILES string of the molecule is O=C(Nc1c(F)ccc(NC(=O)C(F)(F)C(F)F)c1F)c1cc(NC(=O)C2[C@H](c3ccc(Cl)c(Cl)c3)C2(Cl)Cl)ccc1Cl. The minimum Gasteiger partial charge on any atom is -0.326 e. The summed E-state index contributed by atoms with van der Waals surface area (Å²) in [5, 5.41) is 5.84. The summed E-state index contributed by atoms with van der Waals surface area (Å²) >= 11 is 30.7. The van der Waals surface area contributed by atoms with Crippen LogP contribution in [0, 0.1) is 17.6 Å². The molecule has 3 amide bonds. The molecular weight excluding hydrogens is 694 g/mol. The van der Waals surface area contributed by atoms with E-state index >= 15 is 0 Å². The maximum absolute atomic E-state index is 14.9. The first kappa shape index (κ1) is 33.0. The Morgan fingerprint density at radius 1 is 0.837 bits per heavy atom. The van der Waals surface area contributed by atoms with Crippen LogP contribution in [0.15, 0.2) is 48.5 Å². The first-order valence-electron chi connectivity index (χ1n) is 11.7. The molecule has 1 unspecified atom stereocenters. The summed E-state index contributed by atoms with van der Waals surface area (Å²) in [6.45, 7) is 0. The van der Waals surface area contributed by atoms with Crippen LogP contribution in [-0.2, 0) is 9.59 Å². The summed E-state index contributed by atoms with van der Waals surface area (Å²) in [5.74, 6) is -14.4. The van der Waals surface area contributed by atoms with Crippen LogP contribution in [0.1, 0.15) is 21.8 Å². The third-order valence-electron chi connectivity index (χ3n) is 6.27. The van der Waals surface area contributed by atoms with Crippen LogP contribution in [-0.4, -0.2) is 34.4 Å². The quantitative estimate of drug-likeness (QED) is 0.162. The molecule has 1 aliphatic rings. The van der Waals surface area contributed by atoms with Crippen molar-refractivity contribution in [3.05, 3.63) is 86.4 Å². The summed E-state index contributed by atoms with van der Waals surface area (Å²) < 4.78 is 79.2. The lowest BCUT2D eigenvalue weighted by molar-refractivity contribution is -0.163. The zero-order chi connectivity index (χ0) is 32.0.